The van der Waals surface area contributed by atoms with Crippen molar-refractivity contribution in [2.24, 2.45) is 0 Å². The first-order valence-corrected chi connectivity index (χ1v) is 13.5. The molecular weight excluding hydrogens is 434 g/mol. The molecule has 7 nitrogen and oxygen atoms in total. The van der Waals surface area contributed by atoms with Gasteiger partial charge in [-0.1, -0.05) is 89.7 Å². The Morgan fingerprint density at radius 1 is 0.529 bits per heavy atom. The van der Waals surface area contributed by atoms with Gasteiger partial charge >= 0.3 is 17.9 Å². The third-order valence-corrected chi connectivity index (χ3v) is 6.31. The molecule has 34 heavy (non-hydrogen) atoms. The van der Waals surface area contributed by atoms with Crippen LogP contribution in [0.3, 0.4) is 0 Å². The van der Waals surface area contributed by atoms with Crippen LogP contribution in [0.2, 0.25) is 0 Å². The summed E-state index contributed by atoms with van der Waals surface area (Å²) in [6, 6.07) is 0. The summed E-state index contributed by atoms with van der Waals surface area (Å²) in [6.07, 6.45) is 25.1. The molecule has 0 rings (SSSR count). The largest absolute Gasteiger partial charge is 0.477 e. The summed E-state index contributed by atoms with van der Waals surface area (Å²) in [4.78, 5) is 33.5. The summed E-state index contributed by atoms with van der Waals surface area (Å²) in [7, 11) is 0. The van der Waals surface area contributed by atoms with Gasteiger partial charge in [0, 0.05) is 0 Å². The molecule has 0 aromatic rings. The van der Waals surface area contributed by atoms with Gasteiger partial charge in [0.25, 0.3) is 0 Å². The molecule has 0 unspecified atom stereocenters. The van der Waals surface area contributed by atoms with Crippen molar-refractivity contribution in [2.45, 2.75) is 116 Å². The van der Waals surface area contributed by atoms with Crippen LogP contribution < -0.4 is 0 Å². The van der Waals surface area contributed by atoms with E-state index in [0.29, 0.717) is 6.42 Å². The number of allylic oxidation sites excluding steroid dienone is 2. The summed E-state index contributed by atoms with van der Waals surface area (Å²) in [5, 5.41) is 27.4. The molecule has 0 fully saturated rings. The predicted octanol–water partition coefficient (Wildman–Crippen LogP) is 6.26. The van der Waals surface area contributed by atoms with Crippen LogP contribution in [0, 0.1) is 0 Å². The smallest absolute Gasteiger partial charge is 0.359 e. The highest BCUT2D eigenvalue weighted by Gasteiger charge is 2.35. The van der Waals surface area contributed by atoms with Crippen molar-refractivity contribution in [1.29, 1.82) is 0 Å². The predicted molar refractivity (Wildman–Crippen MR) is 136 cm³/mol. The first-order chi connectivity index (χ1) is 16.3. The van der Waals surface area contributed by atoms with Crippen molar-refractivity contribution < 1.29 is 34.2 Å². The second kappa shape index (κ2) is 21.6. The minimum atomic E-state index is -1.18. The first kappa shape index (κ1) is 32.1. The molecule has 0 aliphatic rings. The third-order valence-electron chi connectivity index (χ3n) is 6.31. The fourth-order valence-corrected chi connectivity index (χ4v) is 4.49. The van der Waals surface area contributed by atoms with Crippen LogP contribution >= 0.6 is 0 Å². The van der Waals surface area contributed by atoms with Gasteiger partial charge < -0.3 is 15.3 Å². The van der Waals surface area contributed by atoms with Crippen molar-refractivity contribution in [3.63, 3.8) is 0 Å². The summed E-state index contributed by atoms with van der Waals surface area (Å²) < 4.78 is -0.450. The van der Waals surface area contributed by atoms with E-state index in [-0.39, 0.29) is 6.54 Å². The Balaban J connectivity index is 3.80. The van der Waals surface area contributed by atoms with Crippen LogP contribution in [-0.4, -0.2) is 63.9 Å². The quantitative estimate of drug-likeness (QED) is 0.0800. The molecule has 3 N–H and O–H groups in total. The maximum absolute atomic E-state index is 11.2. The summed E-state index contributed by atoms with van der Waals surface area (Å²) >= 11 is 0. The van der Waals surface area contributed by atoms with Crippen LogP contribution in [0.25, 0.3) is 0 Å². The van der Waals surface area contributed by atoms with Gasteiger partial charge in [0.05, 0.1) is 6.54 Å². The first-order valence-electron chi connectivity index (χ1n) is 13.5. The molecule has 0 aromatic heterocycles. The minimum absolute atomic E-state index is 0.244. The van der Waals surface area contributed by atoms with Crippen molar-refractivity contribution >= 4 is 17.9 Å². The van der Waals surface area contributed by atoms with Gasteiger partial charge in [-0.15, -0.1) is 0 Å². The average Bonchev–Trinajstić information content (AvgIpc) is 2.73. The van der Waals surface area contributed by atoms with Crippen LogP contribution in [0.4, 0.5) is 0 Å². The lowest BCUT2D eigenvalue weighted by Gasteiger charge is -2.34. The van der Waals surface area contributed by atoms with E-state index >= 15 is 0 Å². The zero-order chi connectivity index (χ0) is 25.5. The molecular formula is C27H50NO6+. The lowest BCUT2D eigenvalue weighted by atomic mass is 10.0. The molecule has 0 atom stereocenters. The van der Waals surface area contributed by atoms with Gasteiger partial charge in [-0.3, -0.25) is 4.48 Å². The zero-order valence-corrected chi connectivity index (χ0v) is 21.5. The standard InChI is InChI=1S/C27H49NO6/c1-2-3-4-5-6-7-8-9-10-11-12-13-14-15-16-17-18-19-20-21-28(22-25(29)30,23-26(31)32)24-27(33)34/h15-16H,2-14,17-24H2,1H3,(H2-,29,30,31,32,33,34)/p+1/b16-15+. The lowest BCUT2D eigenvalue weighted by Crippen LogP contribution is -2.57. The van der Waals surface area contributed by atoms with Crippen molar-refractivity contribution in [3.8, 4) is 0 Å². The number of rotatable bonds is 25. The van der Waals surface area contributed by atoms with Crippen molar-refractivity contribution in [3.05, 3.63) is 12.2 Å². The Hall–Kier alpha value is -1.89. The topological polar surface area (TPSA) is 112 Å². The number of nitrogens with zero attached hydrogens (tertiary/aromatic N) is 1. The number of hydrogen-bond acceptors (Lipinski definition) is 3. The normalized spacial score (nSPS) is 11.8. The maximum atomic E-state index is 11.2. The number of carboxylic acid groups (broad SMARTS) is 3. The van der Waals surface area contributed by atoms with Gasteiger partial charge in [0.1, 0.15) is 0 Å². The highest BCUT2D eigenvalue weighted by molar-refractivity contribution is 5.73. The molecule has 0 saturated carbocycles. The molecule has 0 radical (unpaired) electrons. The summed E-state index contributed by atoms with van der Waals surface area (Å²) in [5.41, 5.74) is 0. The molecule has 0 bridgehead atoms. The molecule has 198 valence electrons. The van der Waals surface area contributed by atoms with Crippen LogP contribution in [0.15, 0.2) is 12.2 Å². The van der Waals surface area contributed by atoms with E-state index in [0.717, 1.165) is 25.7 Å². The maximum Gasteiger partial charge on any atom is 0.359 e. The van der Waals surface area contributed by atoms with Gasteiger partial charge in [-0.2, -0.15) is 0 Å². The van der Waals surface area contributed by atoms with Crippen LogP contribution in [0.1, 0.15) is 116 Å². The zero-order valence-electron chi connectivity index (χ0n) is 21.5. The van der Waals surface area contributed by atoms with Gasteiger partial charge in [-0.25, -0.2) is 14.4 Å². The van der Waals surface area contributed by atoms with E-state index in [4.69, 9.17) is 15.3 Å². The SMILES string of the molecule is CCCCCCCCCCCCCC/C=C/CCCCC[N+](CC(=O)O)(CC(=O)O)CC(=O)O. The Morgan fingerprint density at radius 3 is 1.21 bits per heavy atom. The fourth-order valence-electron chi connectivity index (χ4n) is 4.49. The average molecular weight is 485 g/mol. The molecule has 0 aliphatic carbocycles. The lowest BCUT2D eigenvalue weighted by molar-refractivity contribution is -0.907. The second-order valence-electron chi connectivity index (χ2n) is 9.72. The van der Waals surface area contributed by atoms with E-state index in [1.807, 2.05) is 0 Å². The number of hydrogen-bond donors (Lipinski definition) is 3. The Labute approximate surface area is 206 Å². The summed E-state index contributed by atoms with van der Waals surface area (Å²) in [5.74, 6) is -3.53. The Morgan fingerprint density at radius 2 is 0.853 bits per heavy atom. The van der Waals surface area contributed by atoms with Crippen molar-refractivity contribution in [2.75, 3.05) is 26.2 Å². The second-order valence-corrected chi connectivity index (χ2v) is 9.72. The highest BCUT2D eigenvalue weighted by atomic mass is 16.4. The minimum Gasteiger partial charge on any atom is -0.477 e. The third kappa shape index (κ3) is 20.7. The number of carbonyl (C=O) groups is 3. The van der Waals surface area contributed by atoms with Gasteiger partial charge in [0.15, 0.2) is 19.6 Å². The van der Waals surface area contributed by atoms with E-state index in [1.54, 1.807) is 0 Å². The van der Waals surface area contributed by atoms with Gasteiger partial charge in [-0.05, 0) is 38.5 Å². The Bertz CT molecular complexity index is 535. The number of aliphatic carboxylic acids is 3. The highest BCUT2D eigenvalue weighted by Crippen LogP contribution is 2.14. The molecule has 0 aliphatic heterocycles. The monoisotopic (exact) mass is 484 g/mol. The molecule has 0 amide bonds. The number of unbranched alkanes of at least 4 members (excludes halogenated alkanes) is 15. The molecule has 0 aromatic carbocycles. The van der Waals surface area contributed by atoms with Crippen LogP contribution in [0.5, 0.6) is 0 Å². The number of carboxylic acids is 3. The van der Waals surface area contributed by atoms with Crippen molar-refractivity contribution in [1.82, 2.24) is 0 Å². The van der Waals surface area contributed by atoms with Crippen LogP contribution in [-0.2, 0) is 14.4 Å². The molecule has 7 heteroatoms. The van der Waals surface area contributed by atoms with E-state index in [1.165, 1.54) is 77.0 Å². The van der Waals surface area contributed by atoms with Gasteiger partial charge in [0.2, 0.25) is 0 Å². The summed E-state index contributed by atoms with van der Waals surface area (Å²) in [6.45, 7) is 1.04. The molecule has 0 spiro atoms. The number of quaternary nitrogens is 1. The fraction of sp³-hybridized carbons (Fsp3) is 0.815. The molecule has 0 saturated heterocycles. The molecule has 0 heterocycles. The van der Waals surface area contributed by atoms with E-state index < -0.39 is 42.0 Å². The van der Waals surface area contributed by atoms with E-state index in [9.17, 15) is 14.4 Å². The van der Waals surface area contributed by atoms with E-state index in [2.05, 4.69) is 19.1 Å². The Kier molecular flexibility index (Phi) is 20.4.